The number of ether oxygens (including phenoxy) is 1. The molecule has 0 aliphatic carbocycles. The Morgan fingerprint density at radius 2 is 1.81 bits per heavy atom. The van der Waals surface area contributed by atoms with E-state index in [0.717, 1.165) is 11.3 Å². The highest BCUT2D eigenvalue weighted by atomic mass is 28.4. The number of hydrogen-bond acceptors (Lipinski definition) is 4. The fourth-order valence-corrected chi connectivity index (χ4v) is 3.20. The maximum atomic E-state index is 6.33. The van der Waals surface area contributed by atoms with Crippen molar-refractivity contribution >= 4 is 14.0 Å². The summed E-state index contributed by atoms with van der Waals surface area (Å²) in [5, 5.41) is 4.27. The minimum atomic E-state index is -2.02. The van der Waals surface area contributed by atoms with Gasteiger partial charge in [-0.1, -0.05) is 56.3 Å². The smallest absolute Gasteiger partial charge is 0.346 e. The molecular formula is C16H25NO3Si. The Kier molecular flexibility index (Phi) is 4.28. The molecule has 21 heavy (non-hydrogen) atoms. The molecule has 1 heterocycles. The lowest BCUT2D eigenvalue weighted by Gasteiger charge is -2.41. The monoisotopic (exact) mass is 307 g/mol. The van der Waals surface area contributed by atoms with Gasteiger partial charge in [-0.2, -0.15) is 0 Å². The average molecular weight is 307 g/mol. The second-order valence-corrected chi connectivity index (χ2v) is 11.6. The fourth-order valence-electron chi connectivity index (χ4n) is 1.93. The molecule has 1 unspecified atom stereocenters. The van der Waals surface area contributed by atoms with E-state index in [1.807, 2.05) is 30.3 Å². The van der Waals surface area contributed by atoms with E-state index >= 15 is 0 Å². The summed E-state index contributed by atoms with van der Waals surface area (Å²) in [6.45, 7) is 10.9. The molecule has 0 radical (unpaired) electrons. The number of hydrogen-bond donors (Lipinski definition) is 0. The summed E-state index contributed by atoms with van der Waals surface area (Å²) in [4.78, 5) is 5.57. The molecule has 116 valence electrons. The van der Waals surface area contributed by atoms with Gasteiger partial charge in [-0.05, 0) is 23.7 Å². The molecule has 1 aliphatic rings. The molecule has 4 nitrogen and oxygen atoms in total. The van der Waals surface area contributed by atoms with Crippen LogP contribution in [0.4, 0.5) is 0 Å². The molecule has 0 amide bonds. The molecule has 0 saturated heterocycles. The maximum Gasteiger partial charge on any atom is 0.346 e. The van der Waals surface area contributed by atoms with Crippen molar-refractivity contribution in [1.82, 2.24) is 0 Å². The van der Waals surface area contributed by atoms with Crippen LogP contribution in [-0.2, 0) is 14.0 Å². The molecular weight excluding hydrogens is 282 g/mol. The lowest BCUT2D eigenvalue weighted by Crippen LogP contribution is -2.51. The van der Waals surface area contributed by atoms with E-state index in [1.54, 1.807) is 7.11 Å². The second-order valence-electron chi connectivity index (χ2n) is 6.92. The minimum Gasteiger partial charge on any atom is -0.358 e. The third-order valence-electron chi connectivity index (χ3n) is 4.31. The summed E-state index contributed by atoms with van der Waals surface area (Å²) >= 11 is 0. The Morgan fingerprint density at radius 1 is 1.19 bits per heavy atom. The number of benzene rings is 1. The van der Waals surface area contributed by atoms with E-state index in [0.29, 0.717) is 6.42 Å². The summed E-state index contributed by atoms with van der Waals surface area (Å²) in [6.07, 6.45) is 0.500. The topological polar surface area (TPSA) is 40.0 Å². The van der Waals surface area contributed by atoms with Crippen molar-refractivity contribution < 1.29 is 14.0 Å². The van der Waals surface area contributed by atoms with E-state index in [-0.39, 0.29) is 5.04 Å². The third-order valence-corrected chi connectivity index (χ3v) is 8.75. The molecule has 5 heteroatoms. The van der Waals surface area contributed by atoms with Gasteiger partial charge in [0.25, 0.3) is 0 Å². The van der Waals surface area contributed by atoms with Crippen molar-refractivity contribution in [2.45, 2.75) is 51.3 Å². The summed E-state index contributed by atoms with van der Waals surface area (Å²) in [7, 11) is -0.409. The van der Waals surface area contributed by atoms with Crippen LogP contribution in [0.3, 0.4) is 0 Å². The van der Waals surface area contributed by atoms with Crippen molar-refractivity contribution in [2.75, 3.05) is 7.11 Å². The quantitative estimate of drug-likeness (QED) is 0.620. The van der Waals surface area contributed by atoms with Crippen LogP contribution in [0.15, 0.2) is 35.5 Å². The second kappa shape index (κ2) is 5.55. The Labute approximate surface area is 128 Å². The van der Waals surface area contributed by atoms with Crippen molar-refractivity contribution in [3.63, 3.8) is 0 Å². The van der Waals surface area contributed by atoms with E-state index in [2.05, 4.69) is 39.0 Å². The first-order valence-corrected chi connectivity index (χ1v) is 10.2. The predicted octanol–water partition coefficient (Wildman–Crippen LogP) is 4.13. The summed E-state index contributed by atoms with van der Waals surface area (Å²) in [5.74, 6) is -1.09. The lowest BCUT2D eigenvalue weighted by atomic mass is 10.1. The van der Waals surface area contributed by atoms with Gasteiger partial charge >= 0.3 is 5.97 Å². The van der Waals surface area contributed by atoms with E-state index in [1.165, 1.54) is 0 Å². The summed E-state index contributed by atoms with van der Waals surface area (Å²) in [5.41, 5.74) is 1.89. The lowest BCUT2D eigenvalue weighted by molar-refractivity contribution is -0.325. The third kappa shape index (κ3) is 3.36. The van der Waals surface area contributed by atoms with Crippen LogP contribution < -0.4 is 0 Å². The first-order valence-electron chi connectivity index (χ1n) is 7.25. The van der Waals surface area contributed by atoms with Crippen LogP contribution in [-0.4, -0.2) is 27.1 Å². The van der Waals surface area contributed by atoms with E-state index in [9.17, 15) is 0 Å². The van der Waals surface area contributed by atoms with Crippen molar-refractivity contribution in [3.05, 3.63) is 35.9 Å². The van der Waals surface area contributed by atoms with Gasteiger partial charge in [-0.25, -0.2) is 0 Å². The van der Waals surface area contributed by atoms with Gasteiger partial charge in [0.2, 0.25) is 8.32 Å². The fraction of sp³-hybridized carbons (Fsp3) is 0.562. The molecule has 2 rings (SSSR count). The van der Waals surface area contributed by atoms with Crippen molar-refractivity contribution in [1.29, 1.82) is 0 Å². The van der Waals surface area contributed by atoms with Crippen molar-refractivity contribution in [2.24, 2.45) is 5.16 Å². The van der Waals surface area contributed by atoms with Gasteiger partial charge in [0.15, 0.2) is 0 Å². The molecule has 0 fully saturated rings. The van der Waals surface area contributed by atoms with Crippen molar-refractivity contribution in [3.8, 4) is 0 Å². The van der Waals surface area contributed by atoms with Gasteiger partial charge in [-0.3, -0.25) is 0 Å². The summed E-state index contributed by atoms with van der Waals surface area (Å²) < 4.78 is 11.9. The highest BCUT2D eigenvalue weighted by Crippen LogP contribution is 2.42. The number of oxime groups is 1. The Morgan fingerprint density at radius 3 is 2.33 bits per heavy atom. The molecule has 1 aromatic rings. The molecule has 0 aromatic heterocycles. The largest absolute Gasteiger partial charge is 0.358 e. The van der Waals surface area contributed by atoms with Gasteiger partial charge in [0, 0.05) is 7.11 Å². The van der Waals surface area contributed by atoms with E-state index in [4.69, 9.17) is 14.0 Å². The highest BCUT2D eigenvalue weighted by Gasteiger charge is 2.50. The van der Waals surface area contributed by atoms with Crippen LogP contribution in [0.1, 0.15) is 32.8 Å². The van der Waals surface area contributed by atoms with Gasteiger partial charge < -0.3 is 14.0 Å². The zero-order valence-electron chi connectivity index (χ0n) is 13.8. The number of rotatable bonds is 4. The molecule has 0 saturated carbocycles. The summed E-state index contributed by atoms with van der Waals surface area (Å²) in [6, 6.07) is 9.98. The number of nitrogens with zero attached hydrogens (tertiary/aromatic N) is 1. The standard InChI is InChI=1S/C16H25NO3Si/c1-15(2,3)21(5,6)20-16(18-4)12-14(17-19-16)13-10-8-7-9-11-13/h7-11H,12H2,1-6H3. The normalized spacial score (nSPS) is 22.9. The van der Waals surface area contributed by atoms with E-state index < -0.39 is 14.3 Å². The highest BCUT2D eigenvalue weighted by molar-refractivity contribution is 6.74. The van der Waals surface area contributed by atoms with Crippen LogP contribution in [0.25, 0.3) is 0 Å². The van der Waals surface area contributed by atoms with Gasteiger partial charge in [0.1, 0.15) is 0 Å². The SMILES string of the molecule is COC1(O[Si](C)(C)C(C)(C)C)CC(c2ccccc2)=NO1. The molecule has 1 aromatic carbocycles. The first-order chi connectivity index (χ1) is 9.69. The van der Waals surface area contributed by atoms with Crippen LogP contribution >= 0.6 is 0 Å². The Hall–Kier alpha value is -1.17. The molecule has 1 atom stereocenters. The average Bonchev–Trinajstić information content (AvgIpc) is 2.83. The van der Waals surface area contributed by atoms with Crippen LogP contribution in [0.2, 0.25) is 18.1 Å². The zero-order valence-corrected chi connectivity index (χ0v) is 14.8. The van der Waals surface area contributed by atoms with Crippen LogP contribution in [0.5, 0.6) is 0 Å². The predicted molar refractivity (Wildman–Crippen MR) is 86.7 cm³/mol. The molecule has 0 bridgehead atoms. The molecule has 0 spiro atoms. The first kappa shape index (κ1) is 16.2. The maximum absolute atomic E-state index is 6.33. The van der Waals surface area contributed by atoms with Gasteiger partial charge in [-0.15, -0.1) is 0 Å². The molecule has 1 aliphatic heterocycles. The Bertz CT molecular complexity index is 522. The number of methoxy groups -OCH3 is 1. The zero-order chi connectivity index (χ0) is 15.7. The van der Waals surface area contributed by atoms with Crippen LogP contribution in [0, 0.1) is 0 Å². The van der Waals surface area contributed by atoms with Gasteiger partial charge in [0.05, 0.1) is 12.1 Å². The Balaban J connectivity index is 2.17. The molecule has 0 N–H and O–H groups in total. The minimum absolute atomic E-state index is 0.0807.